The Hall–Kier alpha value is -2.89. The molecule has 120 valence electrons. The molecular formula is C17H19N3O3. The van der Waals surface area contributed by atoms with Gasteiger partial charge in [-0.2, -0.15) is 0 Å². The molecule has 0 aliphatic heterocycles. The quantitative estimate of drug-likeness (QED) is 0.828. The van der Waals surface area contributed by atoms with Gasteiger partial charge in [0.2, 0.25) is 0 Å². The predicted octanol–water partition coefficient (Wildman–Crippen LogP) is 2.04. The summed E-state index contributed by atoms with van der Waals surface area (Å²) in [5, 5.41) is 0. The number of hydrogen-bond acceptors (Lipinski definition) is 4. The Bertz CT molecular complexity index is 672. The number of ether oxygens (including phenoxy) is 1. The molecule has 0 aliphatic rings. The van der Waals surface area contributed by atoms with E-state index in [2.05, 4.69) is 29.7 Å². The van der Waals surface area contributed by atoms with Crippen molar-refractivity contribution in [3.63, 3.8) is 0 Å². The van der Waals surface area contributed by atoms with Crippen LogP contribution in [0.5, 0.6) is 5.75 Å². The summed E-state index contributed by atoms with van der Waals surface area (Å²) in [5.41, 5.74) is 6.01. The summed E-state index contributed by atoms with van der Waals surface area (Å²) < 4.78 is 5.52. The largest absolute Gasteiger partial charge is 0.483 e. The minimum Gasteiger partial charge on any atom is -0.483 e. The molecule has 2 amide bonds. The first-order valence-corrected chi connectivity index (χ1v) is 7.29. The number of hydrazine groups is 1. The molecule has 0 aliphatic carbocycles. The number of carbonyl (C=O) groups excluding carboxylic acids is 2. The summed E-state index contributed by atoms with van der Waals surface area (Å²) in [5.74, 6) is 0.0746. The van der Waals surface area contributed by atoms with Crippen LogP contribution in [-0.4, -0.2) is 23.4 Å². The molecule has 1 aromatic heterocycles. The van der Waals surface area contributed by atoms with Crippen LogP contribution in [-0.2, 0) is 4.79 Å². The van der Waals surface area contributed by atoms with Crippen LogP contribution in [0, 0.1) is 0 Å². The van der Waals surface area contributed by atoms with Gasteiger partial charge in [-0.3, -0.25) is 25.4 Å². The van der Waals surface area contributed by atoms with Gasteiger partial charge in [0.05, 0.1) is 5.56 Å². The van der Waals surface area contributed by atoms with Gasteiger partial charge in [-0.15, -0.1) is 0 Å². The Morgan fingerprint density at radius 3 is 2.61 bits per heavy atom. The second-order valence-electron chi connectivity index (χ2n) is 5.23. The SMILES string of the molecule is CC(C)c1ccccc1OCC(=O)NNC(=O)c1cccnc1. The second kappa shape index (κ2) is 7.93. The van der Waals surface area contributed by atoms with Crippen molar-refractivity contribution in [1.82, 2.24) is 15.8 Å². The summed E-state index contributed by atoms with van der Waals surface area (Å²) in [6.45, 7) is 3.92. The Balaban J connectivity index is 1.83. The lowest BCUT2D eigenvalue weighted by molar-refractivity contribution is -0.123. The maximum absolute atomic E-state index is 11.8. The van der Waals surface area contributed by atoms with E-state index in [0.717, 1.165) is 5.56 Å². The summed E-state index contributed by atoms with van der Waals surface area (Å²) in [6, 6.07) is 10.8. The van der Waals surface area contributed by atoms with Crippen LogP contribution in [0.3, 0.4) is 0 Å². The van der Waals surface area contributed by atoms with Gasteiger partial charge in [0.1, 0.15) is 5.75 Å². The number of hydrogen-bond donors (Lipinski definition) is 2. The van der Waals surface area contributed by atoms with Crippen LogP contribution >= 0.6 is 0 Å². The number of nitrogens with zero attached hydrogens (tertiary/aromatic N) is 1. The average Bonchev–Trinajstić information content (AvgIpc) is 2.58. The molecule has 0 unspecified atom stereocenters. The normalized spacial score (nSPS) is 10.2. The van der Waals surface area contributed by atoms with Gasteiger partial charge in [0.25, 0.3) is 11.8 Å². The third-order valence-corrected chi connectivity index (χ3v) is 3.14. The molecule has 23 heavy (non-hydrogen) atoms. The molecule has 0 spiro atoms. The zero-order valence-corrected chi connectivity index (χ0v) is 13.1. The summed E-state index contributed by atoms with van der Waals surface area (Å²) in [7, 11) is 0. The molecule has 1 aromatic carbocycles. The highest BCUT2D eigenvalue weighted by Crippen LogP contribution is 2.25. The third kappa shape index (κ3) is 4.81. The monoisotopic (exact) mass is 313 g/mol. The first kappa shape index (κ1) is 16.5. The minimum atomic E-state index is -0.444. The molecule has 0 atom stereocenters. The number of aromatic nitrogens is 1. The standard InChI is InChI=1S/C17H19N3O3/c1-12(2)14-7-3-4-8-15(14)23-11-16(21)19-20-17(22)13-6-5-9-18-10-13/h3-10,12H,11H2,1-2H3,(H,19,21)(H,20,22). The second-order valence-corrected chi connectivity index (χ2v) is 5.23. The molecule has 1 heterocycles. The first-order valence-electron chi connectivity index (χ1n) is 7.29. The van der Waals surface area contributed by atoms with Gasteiger partial charge in [-0.25, -0.2) is 0 Å². The lowest BCUT2D eigenvalue weighted by Gasteiger charge is -2.13. The minimum absolute atomic E-state index is 0.183. The van der Waals surface area contributed by atoms with E-state index in [0.29, 0.717) is 17.2 Å². The molecule has 6 nitrogen and oxygen atoms in total. The zero-order valence-electron chi connectivity index (χ0n) is 13.1. The van der Waals surface area contributed by atoms with Crippen LogP contribution in [0.2, 0.25) is 0 Å². The molecular weight excluding hydrogens is 294 g/mol. The molecule has 0 radical (unpaired) electrons. The van der Waals surface area contributed by atoms with Gasteiger partial charge in [0, 0.05) is 12.4 Å². The van der Waals surface area contributed by atoms with Crippen molar-refractivity contribution in [3.8, 4) is 5.75 Å². The average molecular weight is 313 g/mol. The van der Waals surface area contributed by atoms with Crippen LogP contribution in [0.25, 0.3) is 0 Å². The number of benzene rings is 1. The van der Waals surface area contributed by atoms with Crippen molar-refractivity contribution in [2.24, 2.45) is 0 Å². The Morgan fingerprint density at radius 1 is 1.13 bits per heavy atom. The van der Waals surface area contributed by atoms with Gasteiger partial charge in [0.15, 0.2) is 6.61 Å². The summed E-state index contributed by atoms with van der Waals surface area (Å²) >= 11 is 0. The summed E-state index contributed by atoms with van der Waals surface area (Å²) in [6.07, 6.45) is 2.98. The lowest BCUT2D eigenvalue weighted by atomic mass is 10.0. The van der Waals surface area contributed by atoms with E-state index in [1.807, 2.05) is 24.3 Å². The maximum atomic E-state index is 11.8. The fourth-order valence-electron chi connectivity index (χ4n) is 1.96. The van der Waals surface area contributed by atoms with Crippen molar-refractivity contribution in [2.45, 2.75) is 19.8 Å². The Morgan fingerprint density at radius 2 is 1.91 bits per heavy atom. The summed E-state index contributed by atoms with van der Waals surface area (Å²) in [4.78, 5) is 27.4. The van der Waals surface area contributed by atoms with Crippen molar-refractivity contribution in [1.29, 1.82) is 0 Å². The van der Waals surface area contributed by atoms with Crippen LogP contribution in [0.1, 0.15) is 35.7 Å². The van der Waals surface area contributed by atoms with Crippen LogP contribution in [0.4, 0.5) is 0 Å². The van der Waals surface area contributed by atoms with E-state index in [9.17, 15) is 9.59 Å². The molecule has 0 bridgehead atoms. The van der Waals surface area contributed by atoms with E-state index >= 15 is 0 Å². The highest BCUT2D eigenvalue weighted by Gasteiger charge is 2.10. The molecule has 0 fully saturated rings. The fraction of sp³-hybridized carbons (Fsp3) is 0.235. The van der Waals surface area contributed by atoms with E-state index in [1.165, 1.54) is 6.20 Å². The van der Waals surface area contributed by atoms with Crippen LogP contribution in [0.15, 0.2) is 48.8 Å². The molecule has 0 saturated carbocycles. The number of pyridine rings is 1. The maximum Gasteiger partial charge on any atom is 0.276 e. The van der Waals surface area contributed by atoms with Crippen molar-refractivity contribution in [2.75, 3.05) is 6.61 Å². The molecule has 0 saturated heterocycles. The van der Waals surface area contributed by atoms with Crippen molar-refractivity contribution >= 4 is 11.8 Å². The number of rotatable bonds is 5. The first-order chi connectivity index (χ1) is 11.1. The van der Waals surface area contributed by atoms with Gasteiger partial charge < -0.3 is 4.74 Å². The third-order valence-electron chi connectivity index (χ3n) is 3.14. The highest BCUT2D eigenvalue weighted by atomic mass is 16.5. The zero-order chi connectivity index (χ0) is 16.7. The Kier molecular flexibility index (Phi) is 5.68. The lowest BCUT2D eigenvalue weighted by Crippen LogP contribution is -2.43. The number of nitrogens with one attached hydrogen (secondary N) is 2. The topological polar surface area (TPSA) is 80.3 Å². The van der Waals surface area contributed by atoms with E-state index in [1.54, 1.807) is 18.3 Å². The predicted molar refractivity (Wildman–Crippen MR) is 85.9 cm³/mol. The van der Waals surface area contributed by atoms with E-state index in [4.69, 9.17) is 4.74 Å². The number of amides is 2. The molecule has 2 rings (SSSR count). The van der Waals surface area contributed by atoms with Crippen molar-refractivity contribution in [3.05, 3.63) is 59.9 Å². The highest BCUT2D eigenvalue weighted by molar-refractivity contribution is 5.95. The fourth-order valence-corrected chi connectivity index (χ4v) is 1.96. The molecule has 6 heteroatoms. The van der Waals surface area contributed by atoms with Crippen LogP contribution < -0.4 is 15.6 Å². The van der Waals surface area contributed by atoms with E-state index in [-0.39, 0.29) is 6.61 Å². The van der Waals surface area contributed by atoms with E-state index < -0.39 is 11.8 Å². The van der Waals surface area contributed by atoms with Gasteiger partial charge in [-0.05, 0) is 29.7 Å². The Labute approximate surface area is 134 Å². The van der Waals surface area contributed by atoms with Gasteiger partial charge in [-0.1, -0.05) is 32.0 Å². The number of para-hydroxylation sites is 1. The molecule has 2 aromatic rings. The molecule has 2 N–H and O–H groups in total. The number of carbonyl (C=O) groups is 2. The van der Waals surface area contributed by atoms with Gasteiger partial charge >= 0.3 is 0 Å². The van der Waals surface area contributed by atoms with Crippen molar-refractivity contribution < 1.29 is 14.3 Å². The smallest absolute Gasteiger partial charge is 0.276 e.